The number of Topliss-reactive ketones (excluding diaryl/α,β-unsaturated/α-hetero) is 1. The molecule has 3 aliphatic carbocycles. The number of ketones is 1. The molecule has 0 unspecified atom stereocenters. The van der Waals surface area contributed by atoms with Crippen LogP contribution in [0.4, 0.5) is 5.69 Å². The van der Waals surface area contributed by atoms with Crippen LogP contribution in [0, 0.1) is 11.3 Å². The van der Waals surface area contributed by atoms with Crippen LogP contribution in [0.15, 0.2) is 42.5 Å². The molecule has 6 nitrogen and oxygen atoms in total. The number of halogens is 1. The van der Waals surface area contributed by atoms with Gasteiger partial charge in [0, 0.05) is 48.8 Å². The number of nitrogens with one attached hydrogen (secondary N) is 1. The van der Waals surface area contributed by atoms with Crippen molar-refractivity contribution >= 4 is 29.0 Å². The average molecular weight is 478 g/mol. The first-order valence-electron chi connectivity index (χ1n) is 12.0. The summed E-state index contributed by atoms with van der Waals surface area (Å²) in [6, 6.07) is 15.0. The number of ether oxygens (including phenoxy) is 1. The molecule has 34 heavy (non-hydrogen) atoms. The quantitative estimate of drug-likeness (QED) is 0.652. The second-order valence-electron chi connectivity index (χ2n) is 9.85. The van der Waals surface area contributed by atoms with Gasteiger partial charge in [0.25, 0.3) is 5.91 Å². The van der Waals surface area contributed by atoms with Crippen LogP contribution in [-0.2, 0) is 4.79 Å². The Kier molecular flexibility index (Phi) is 5.99. The van der Waals surface area contributed by atoms with Gasteiger partial charge in [0.15, 0.2) is 0 Å². The summed E-state index contributed by atoms with van der Waals surface area (Å²) in [6.45, 7) is 1.48. The Morgan fingerprint density at radius 3 is 2.24 bits per heavy atom. The van der Waals surface area contributed by atoms with Crippen molar-refractivity contribution in [1.82, 2.24) is 5.32 Å². The van der Waals surface area contributed by atoms with Gasteiger partial charge in [0.05, 0.1) is 10.6 Å². The number of hydrogen-bond donors (Lipinski definition) is 1. The molecule has 1 heterocycles. The van der Waals surface area contributed by atoms with Gasteiger partial charge in [-0.2, -0.15) is 5.26 Å². The molecule has 4 fully saturated rings. The summed E-state index contributed by atoms with van der Waals surface area (Å²) in [6.07, 6.45) is 6.43. The van der Waals surface area contributed by atoms with Crippen molar-refractivity contribution in [1.29, 1.82) is 5.26 Å². The lowest BCUT2D eigenvalue weighted by molar-refractivity contribution is -0.119. The van der Waals surface area contributed by atoms with Gasteiger partial charge in [-0.3, -0.25) is 9.59 Å². The third-order valence-electron chi connectivity index (χ3n) is 7.77. The van der Waals surface area contributed by atoms with Crippen LogP contribution < -0.4 is 15.0 Å². The highest BCUT2D eigenvalue weighted by Crippen LogP contribution is 2.49. The molecule has 3 saturated carbocycles. The third kappa shape index (κ3) is 4.50. The summed E-state index contributed by atoms with van der Waals surface area (Å²) in [5.41, 5.74) is 1.75. The minimum absolute atomic E-state index is 0.0328. The zero-order valence-electron chi connectivity index (χ0n) is 19.1. The molecule has 7 heteroatoms. The van der Waals surface area contributed by atoms with Crippen LogP contribution in [0.5, 0.6) is 5.75 Å². The van der Waals surface area contributed by atoms with Gasteiger partial charge in [-0.25, -0.2) is 0 Å². The van der Waals surface area contributed by atoms with Crippen molar-refractivity contribution in [3.05, 3.63) is 58.6 Å². The number of fused-ring (bicyclic) bond motifs is 3. The normalized spacial score (nSPS) is 26.1. The van der Waals surface area contributed by atoms with Crippen molar-refractivity contribution < 1.29 is 14.3 Å². The van der Waals surface area contributed by atoms with E-state index >= 15 is 0 Å². The summed E-state index contributed by atoms with van der Waals surface area (Å²) >= 11 is 6.18. The van der Waals surface area contributed by atoms with E-state index in [4.69, 9.17) is 21.6 Å². The minimum Gasteiger partial charge on any atom is -0.487 e. The Morgan fingerprint density at radius 2 is 1.65 bits per heavy atom. The number of carbonyl (C=O) groups is 2. The fourth-order valence-corrected chi connectivity index (χ4v) is 5.76. The van der Waals surface area contributed by atoms with E-state index in [2.05, 4.69) is 16.3 Å². The lowest BCUT2D eigenvalue weighted by Gasteiger charge is -2.53. The molecule has 4 aliphatic rings. The number of amides is 1. The fraction of sp³-hybridized carbons (Fsp3) is 0.444. The number of rotatable bonds is 5. The number of hydrogen-bond acceptors (Lipinski definition) is 5. The molecular weight excluding hydrogens is 450 g/mol. The molecule has 0 radical (unpaired) electrons. The summed E-state index contributed by atoms with van der Waals surface area (Å²) in [5, 5.41) is 12.8. The maximum Gasteiger partial charge on any atom is 0.251 e. The molecule has 176 valence electrons. The van der Waals surface area contributed by atoms with Crippen molar-refractivity contribution in [2.75, 3.05) is 18.0 Å². The number of anilines is 1. The molecular formula is C27H28ClN3O3. The summed E-state index contributed by atoms with van der Waals surface area (Å²) in [5.74, 6) is 0.983. The number of benzene rings is 2. The zero-order chi connectivity index (χ0) is 23.8. The van der Waals surface area contributed by atoms with Crippen molar-refractivity contribution in [3.63, 3.8) is 0 Å². The largest absolute Gasteiger partial charge is 0.487 e. The first-order valence-corrected chi connectivity index (χ1v) is 12.4. The molecule has 0 aromatic heterocycles. The molecule has 2 bridgehead atoms. The Hall–Kier alpha value is -3.04. The Morgan fingerprint density at radius 1 is 1.00 bits per heavy atom. The molecule has 6 rings (SSSR count). The highest BCUT2D eigenvalue weighted by atomic mass is 35.5. The molecule has 2 aromatic rings. The van der Waals surface area contributed by atoms with Crippen molar-refractivity contribution in [2.24, 2.45) is 0 Å². The van der Waals surface area contributed by atoms with Crippen molar-refractivity contribution in [2.45, 2.75) is 62.5 Å². The van der Waals surface area contributed by atoms with Crippen LogP contribution >= 0.6 is 11.6 Å². The van der Waals surface area contributed by atoms with Gasteiger partial charge in [0.1, 0.15) is 23.2 Å². The summed E-state index contributed by atoms with van der Waals surface area (Å²) < 4.78 is 6.39. The first kappa shape index (κ1) is 22.7. The number of carbonyl (C=O) groups excluding carboxylic acids is 2. The van der Waals surface area contributed by atoms with Crippen LogP contribution in [0.1, 0.15) is 67.3 Å². The average Bonchev–Trinajstić information content (AvgIpc) is 2.86. The van der Waals surface area contributed by atoms with E-state index in [-0.39, 0.29) is 17.0 Å². The van der Waals surface area contributed by atoms with Gasteiger partial charge in [-0.05, 0) is 74.9 Å². The topological polar surface area (TPSA) is 82.4 Å². The maximum absolute atomic E-state index is 13.1. The lowest BCUT2D eigenvalue weighted by Crippen LogP contribution is -2.60. The molecule has 1 saturated heterocycles. The Labute approximate surface area is 204 Å². The van der Waals surface area contributed by atoms with Crippen molar-refractivity contribution in [3.8, 4) is 11.8 Å². The second-order valence-corrected chi connectivity index (χ2v) is 10.3. The van der Waals surface area contributed by atoms with E-state index in [0.717, 1.165) is 57.3 Å². The van der Waals surface area contributed by atoms with E-state index in [0.29, 0.717) is 40.5 Å². The van der Waals surface area contributed by atoms with E-state index < -0.39 is 0 Å². The van der Waals surface area contributed by atoms with Crippen LogP contribution in [-0.4, -0.2) is 35.9 Å². The predicted molar refractivity (Wildman–Crippen MR) is 130 cm³/mol. The minimum atomic E-state index is -0.235. The molecule has 0 atom stereocenters. The Bertz CT molecular complexity index is 1120. The van der Waals surface area contributed by atoms with E-state index in [9.17, 15) is 9.59 Å². The van der Waals surface area contributed by atoms with E-state index in [1.54, 1.807) is 12.1 Å². The fourth-order valence-electron chi connectivity index (χ4n) is 5.54. The monoisotopic (exact) mass is 477 g/mol. The second kappa shape index (κ2) is 8.96. The molecule has 0 spiro atoms. The SMILES string of the molecule is N#Cc1ccc(OC23CCC(NC(=O)c4ccc(N5CCC(=O)CC5)cc4)(CC2)CC3)cc1Cl. The van der Waals surface area contributed by atoms with Gasteiger partial charge < -0.3 is 15.0 Å². The third-order valence-corrected chi connectivity index (χ3v) is 8.08. The Balaban J connectivity index is 1.19. The highest BCUT2D eigenvalue weighted by Gasteiger charge is 2.50. The standard InChI is InChI=1S/C27H28ClN3O3/c28-24-17-23(6-3-20(24)18-29)34-27-12-9-26(10-13-27,11-14-27)30-25(33)19-1-4-21(5-2-19)31-15-7-22(32)8-16-31/h1-6,17H,7-16H2,(H,30,33). The van der Waals surface area contributed by atoms with Gasteiger partial charge >= 0.3 is 0 Å². The number of nitrogens with zero attached hydrogens (tertiary/aromatic N) is 2. The molecule has 1 amide bonds. The van der Waals surface area contributed by atoms with E-state index in [1.165, 1.54) is 0 Å². The molecule has 1 N–H and O–H groups in total. The molecule has 2 aromatic carbocycles. The number of nitriles is 1. The summed E-state index contributed by atoms with van der Waals surface area (Å²) in [7, 11) is 0. The first-order chi connectivity index (χ1) is 16.4. The highest BCUT2D eigenvalue weighted by molar-refractivity contribution is 6.31. The predicted octanol–water partition coefficient (Wildman–Crippen LogP) is 5.04. The van der Waals surface area contributed by atoms with Crippen LogP contribution in [0.2, 0.25) is 5.02 Å². The van der Waals surface area contributed by atoms with Gasteiger partial charge in [0.2, 0.25) is 0 Å². The van der Waals surface area contributed by atoms with Crippen LogP contribution in [0.25, 0.3) is 0 Å². The van der Waals surface area contributed by atoms with Gasteiger partial charge in [-0.15, -0.1) is 0 Å². The number of piperidine rings is 1. The maximum atomic E-state index is 13.1. The van der Waals surface area contributed by atoms with Crippen LogP contribution in [0.3, 0.4) is 0 Å². The summed E-state index contributed by atoms with van der Waals surface area (Å²) in [4.78, 5) is 26.7. The van der Waals surface area contributed by atoms with E-state index in [1.807, 2.05) is 30.3 Å². The molecule has 1 aliphatic heterocycles. The zero-order valence-corrected chi connectivity index (χ0v) is 19.9. The lowest BCUT2D eigenvalue weighted by atomic mass is 9.63. The smallest absolute Gasteiger partial charge is 0.251 e. The van der Waals surface area contributed by atoms with Gasteiger partial charge in [-0.1, -0.05) is 11.6 Å².